The summed E-state index contributed by atoms with van der Waals surface area (Å²) in [6.07, 6.45) is 4.39. The molecule has 1 heterocycles. The van der Waals surface area contributed by atoms with Crippen LogP contribution in [-0.2, 0) is 13.1 Å². The van der Waals surface area contributed by atoms with Gasteiger partial charge in [-0.2, -0.15) is 0 Å². The number of nitrogens with one attached hydrogen (secondary N) is 2. The van der Waals surface area contributed by atoms with E-state index in [-0.39, 0.29) is 24.0 Å². The highest BCUT2D eigenvalue weighted by atomic mass is 127. The number of benzene rings is 1. The van der Waals surface area contributed by atoms with Crippen LogP contribution in [0.15, 0.2) is 47.6 Å². The molecule has 1 aliphatic rings. The molecule has 0 amide bonds. The molecule has 2 N–H and O–H groups in total. The molecule has 1 aliphatic carbocycles. The second-order valence-electron chi connectivity index (χ2n) is 7.02. The minimum absolute atomic E-state index is 0. The van der Waals surface area contributed by atoms with E-state index >= 15 is 0 Å². The summed E-state index contributed by atoms with van der Waals surface area (Å²) in [6.45, 7) is 2.13. The van der Waals surface area contributed by atoms with Crippen LogP contribution in [0, 0.1) is 5.92 Å². The van der Waals surface area contributed by atoms with Crippen LogP contribution in [-0.4, -0.2) is 38.7 Å². The molecule has 2 aromatic rings. The van der Waals surface area contributed by atoms with E-state index in [1.807, 2.05) is 49.5 Å². The third kappa shape index (κ3) is 6.54. The number of hydrogen-bond acceptors (Lipinski definition) is 4. The normalized spacial score (nSPS) is 13.5. The van der Waals surface area contributed by atoms with Gasteiger partial charge < -0.3 is 20.3 Å². The molecule has 0 bridgehead atoms. The Hall–Kier alpha value is -2.03. The summed E-state index contributed by atoms with van der Waals surface area (Å²) in [5, 5.41) is 6.74. The molecule has 0 aliphatic heterocycles. The molecule has 0 spiro atoms. The van der Waals surface area contributed by atoms with Gasteiger partial charge in [0.2, 0.25) is 0 Å². The highest BCUT2D eigenvalue weighted by molar-refractivity contribution is 14.0. The van der Waals surface area contributed by atoms with Crippen molar-refractivity contribution in [2.75, 3.05) is 32.6 Å². The molecule has 1 saturated carbocycles. The number of halogens is 1. The lowest BCUT2D eigenvalue weighted by molar-refractivity contribution is 0.296. The number of rotatable bonds is 8. The van der Waals surface area contributed by atoms with Gasteiger partial charge in [0.25, 0.3) is 0 Å². The maximum Gasteiger partial charge on any atom is 0.191 e. The van der Waals surface area contributed by atoms with Crippen LogP contribution in [0.4, 0.5) is 5.82 Å². The van der Waals surface area contributed by atoms with Crippen LogP contribution in [0.3, 0.4) is 0 Å². The van der Waals surface area contributed by atoms with Gasteiger partial charge in [-0.25, -0.2) is 4.98 Å². The summed E-state index contributed by atoms with van der Waals surface area (Å²) in [7, 11) is 5.77. The maximum atomic E-state index is 5.98. The number of ether oxygens (including phenoxy) is 1. The molecule has 1 aromatic carbocycles. The Labute approximate surface area is 184 Å². The van der Waals surface area contributed by atoms with Gasteiger partial charge in [0, 0.05) is 51.6 Å². The molecule has 6 nitrogen and oxygen atoms in total. The van der Waals surface area contributed by atoms with Crippen molar-refractivity contribution in [3.8, 4) is 5.75 Å². The van der Waals surface area contributed by atoms with Crippen LogP contribution in [0.25, 0.3) is 0 Å². The Morgan fingerprint density at radius 1 is 1.11 bits per heavy atom. The fraction of sp³-hybridized carbons (Fsp3) is 0.429. The summed E-state index contributed by atoms with van der Waals surface area (Å²) in [5.41, 5.74) is 2.26. The van der Waals surface area contributed by atoms with Crippen LogP contribution >= 0.6 is 24.0 Å². The molecule has 1 aromatic heterocycles. The lowest BCUT2D eigenvalue weighted by atomic mass is 10.2. The summed E-state index contributed by atoms with van der Waals surface area (Å²) >= 11 is 0. The number of aromatic nitrogens is 1. The first-order chi connectivity index (χ1) is 13.2. The fourth-order valence-electron chi connectivity index (χ4n) is 2.83. The zero-order valence-electron chi connectivity index (χ0n) is 16.8. The van der Waals surface area contributed by atoms with Gasteiger partial charge in [-0.05, 0) is 30.9 Å². The van der Waals surface area contributed by atoms with Gasteiger partial charge in [-0.15, -0.1) is 24.0 Å². The molecule has 0 unspecified atom stereocenters. The lowest BCUT2D eigenvalue weighted by Crippen LogP contribution is -2.36. The van der Waals surface area contributed by atoms with Crippen molar-refractivity contribution in [1.29, 1.82) is 0 Å². The molecule has 0 radical (unpaired) electrons. The van der Waals surface area contributed by atoms with Crippen molar-refractivity contribution < 1.29 is 4.74 Å². The van der Waals surface area contributed by atoms with Gasteiger partial charge in [0.05, 0.1) is 6.61 Å². The molecule has 1 fully saturated rings. The second kappa shape index (κ2) is 11.1. The van der Waals surface area contributed by atoms with E-state index in [2.05, 4.69) is 32.7 Å². The van der Waals surface area contributed by atoms with E-state index in [9.17, 15) is 0 Å². The summed E-state index contributed by atoms with van der Waals surface area (Å²) in [6, 6.07) is 12.2. The number of nitrogens with zero attached hydrogens (tertiary/aromatic N) is 3. The Morgan fingerprint density at radius 2 is 1.79 bits per heavy atom. The van der Waals surface area contributed by atoms with E-state index in [0.717, 1.165) is 41.2 Å². The van der Waals surface area contributed by atoms with Crippen molar-refractivity contribution in [3.05, 3.63) is 53.7 Å². The van der Waals surface area contributed by atoms with E-state index in [1.165, 1.54) is 12.8 Å². The first-order valence-electron chi connectivity index (χ1n) is 9.44. The topological polar surface area (TPSA) is 61.8 Å². The Balaban J connectivity index is 0.00000280. The molecule has 0 saturated heterocycles. The van der Waals surface area contributed by atoms with Gasteiger partial charge in [-0.3, -0.25) is 4.99 Å². The molecule has 152 valence electrons. The van der Waals surface area contributed by atoms with Crippen molar-refractivity contribution in [2.45, 2.75) is 25.9 Å². The summed E-state index contributed by atoms with van der Waals surface area (Å²) < 4.78 is 5.98. The maximum absolute atomic E-state index is 5.98. The van der Waals surface area contributed by atoms with Crippen molar-refractivity contribution in [2.24, 2.45) is 10.9 Å². The van der Waals surface area contributed by atoms with Gasteiger partial charge in [0.15, 0.2) is 5.96 Å². The molecule has 7 heteroatoms. The second-order valence-corrected chi connectivity index (χ2v) is 7.02. The first kappa shape index (κ1) is 22.3. The number of hydrogen-bond donors (Lipinski definition) is 2. The number of guanidine groups is 1. The third-order valence-electron chi connectivity index (χ3n) is 4.55. The Bertz CT molecular complexity index is 777. The number of pyridine rings is 1. The van der Waals surface area contributed by atoms with E-state index in [4.69, 9.17) is 4.74 Å². The standard InChI is InChI=1S/C21H29N5O.HI/c1-22-21(25-14-18-8-6-12-23-20(18)26(2)3)24-13-17-7-4-5-9-19(17)27-15-16-10-11-16;/h4-9,12,16H,10-11,13-15H2,1-3H3,(H2,22,24,25);1H. The van der Waals surface area contributed by atoms with E-state index in [0.29, 0.717) is 13.1 Å². The number of anilines is 1. The predicted octanol–water partition coefficient (Wildman–Crippen LogP) is 3.42. The number of para-hydroxylation sites is 1. The van der Waals surface area contributed by atoms with Crippen LogP contribution in [0.2, 0.25) is 0 Å². The highest BCUT2D eigenvalue weighted by Gasteiger charge is 2.22. The molecule has 3 rings (SSSR count). The van der Waals surface area contributed by atoms with Crippen LogP contribution in [0.5, 0.6) is 5.75 Å². The van der Waals surface area contributed by atoms with Crippen molar-refractivity contribution in [1.82, 2.24) is 15.6 Å². The zero-order valence-corrected chi connectivity index (χ0v) is 19.1. The van der Waals surface area contributed by atoms with Crippen molar-refractivity contribution >= 4 is 35.8 Å². The van der Waals surface area contributed by atoms with E-state index in [1.54, 1.807) is 7.05 Å². The van der Waals surface area contributed by atoms with Crippen LogP contribution < -0.4 is 20.3 Å². The minimum atomic E-state index is 0. The summed E-state index contributed by atoms with van der Waals surface area (Å²) in [5.74, 6) is 3.40. The Morgan fingerprint density at radius 3 is 2.46 bits per heavy atom. The average Bonchev–Trinajstić information content (AvgIpc) is 3.52. The quantitative estimate of drug-likeness (QED) is 0.334. The SMILES string of the molecule is CN=C(NCc1ccccc1OCC1CC1)NCc1cccnc1N(C)C.I. The monoisotopic (exact) mass is 495 g/mol. The zero-order chi connectivity index (χ0) is 19.1. The van der Waals surface area contributed by atoms with E-state index < -0.39 is 0 Å². The average molecular weight is 495 g/mol. The number of aliphatic imine (C=N–C) groups is 1. The van der Waals surface area contributed by atoms with Crippen molar-refractivity contribution in [3.63, 3.8) is 0 Å². The largest absolute Gasteiger partial charge is 0.493 e. The first-order valence-corrected chi connectivity index (χ1v) is 9.44. The van der Waals surface area contributed by atoms with Gasteiger partial charge in [0.1, 0.15) is 11.6 Å². The molecule has 28 heavy (non-hydrogen) atoms. The molecular formula is C21H30IN5O. The highest BCUT2D eigenvalue weighted by Crippen LogP contribution is 2.30. The third-order valence-corrected chi connectivity index (χ3v) is 4.55. The molecular weight excluding hydrogens is 465 g/mol. The Kier molecular flexibility index (Phi) is 8.82. The van der Waals surface area contributed by atoms with Gasteiger partial charge >= 0.3 is 0 Å². The minimum Gasteiger partial charge on any atom is -0.493 e. The lowest BCUT2D eigenvalue weighted by Gasteiger charge is -2.18. The smallest absolute Gasteiger partial charge is 0.191 e. The molecule has 0 atom stereocenters. The van der Waals surface area contributed by atoms with Crippen LogP contribution in [0.1, 0.15) is 24.0 Å². The van der Waals surface area contributed by atoms with Gasteiger partial charge in [-0.1, -0.05) is 24.3 Å². The summed E-state index contributed by atoms with van der Waals surface area (Å²) in [4.78, 5) is 10.8. The fourth-order valence-corrected chi connectivity index (χ4v) is 2.83. The predicted molar refractivity (Wildman–Crippen MR) is 126 cm³/mol.